The first kappa shape index (κ1) is 22.1. The summed E-state index contributed by atoms with van der Waals surface area (Å²) in [6, 6.07) is 11.6. The number of carbonyl (C=O) groups excluding carboxylic acids is 2. The molecule has 8 nitrogen and oxygen atoms in total. The number of anilines is 2. The lowest BCUT2D eigenvalue weighted by Crippen LogP contribution is -2.42. The highest BCUT2D eigenvalue weighted by molar-refractivity contribution is 6.06. The second kappa shape index (κ2) is 8.46. The number of carbonyl (C=O) groups is 2. The number of rotatable bonds is 5. The van der Waals surface area contributed by atoms with Gasteiger partial charge in [-0.1, -0.05) is 18.2 Å². The van der Waals surface area contributed by atoms with Crippen molar-refractivity contribution in [2.75, 3.05) is 30.5 Å². The lowest BCUT2D eigenvalue weighted by atomic mass is 9.93. The van der Waals surface area contributed by atoms with Crippen molar-refractivity contribution in [2.24, 2.45) is 5.41 Å². The molecule has 33 heavy (non-hydrogen) atoms. The van der Waals surface area contributed by atoms with Crippen LogP contribution in [0.15, 0.2) is 64.3 Å². The van der Waals surface area contributed by atoms with Crippen LogP contribution in [0, 0.1) is 5.41 Å². The van der Waals surface area contributed by atoms with Crippen molar-refractivity contribution >= 4 is 34.2 Å². The van der Waals surface area contributed by atoms with Gasteiger partial charge in [0.05, 0.1) is 18.2 Å². The van der Waals surface area contributed by atoms with Crippen LogP contribution in [-0.2, 0) is 4.79 Å². The van der Waals surface area contributed by atoms with Crippen LogP contribution in [0.4, 0.5) is 11.4 Å². The molecule has 1 aromatic heterocycles. The van der Waals surface area contributed by atoms with Crippen molar-refractivity contribution in [1.82, 2.24) is 0 Å². The molecule has 0 radical (unpaired) electrons. The summed E-state index contributed by atoms with van der Waals surface area (Å²) in [5, 5.41) is 3.27. The van der Waals surface area contributed by atoms with Crippen LogP contribution < -0.4 is 25.3 Å². The molecule has 3 aromatic rings. The van der Waals surface area contributed by atoms with Gasteiger partial charge in [-0.3, -0.25) is 9.59 Å². The van der Waals surface area contributed by atoms with Crippen LogP contribution in [0.25, 0.3) is 11.0 Å². The van der Waals surface area contributed by atoms with Gasteiger partial charge in [-0.15, -0.1) is 6.58 Å². The van der Waals surface area contributed by atoms with Gasteiger partial charge in [-0.05, 0) is 44.2 Å². The molecule has 0 saturated carbocycles. The number of fused-ring (bicyclic) bond motifs is 2. The SMILES string of the molecule is C=CCN1C(=O)C(C)(C)COc2ccc(NC(=O)c3cc4cccc(OC)c4oc3=O)cc21. The second-order valence-corrected chi connectivity index (χ2v) is 8.34. The predicted molar refractivity (Wildman–Crippen MR) is 125 cm³/mol. The zero-order valence-electron chi connectivity index (χ0n) is 18.6. The van der Waals surface area contributed by atoms with Crippen molar-refractivity contribution < 1.29 is 23.5 Å². The lowest BCUT2D eigenvalue weighted by molar-refractivity contribution is -0.127. The van der Waals surface area contributed by atoms with E-state index in [9.17, 15) is 14.4 Å². The van der Waals surface area contributed by atoms with Crippen molar-refractivity contribution in [3.8, 4) is 11.5 Å². The molecule has 2 heterocycles. The Labute approximate surface area is 190 Å². The third-order valence-electron chi connectivity index (χ3n) is 5.42. The zero-order valence-corrected chi connectivity index (χ0v) is 18.6. The molecule has 0 atom stereocenters. The van der Waals surface area contributed by atoms with E-state index in [4.69, 9.17) is 13.9 Å². The molecule has 0 unspecified atom stereocenters. The Morgan fingerprint density at radius 2 is 2.03 bits per heavy atom. The number of amides is 2. The average molecular weight is 448 g/mol. The lowest BCUT2D eigenvalue weighted by Gasteiger charge is -2.27. The fourth-order valence-corrected chi connectivity index (χ4v) is 3.67. The minimum Gasteiger partial charge on any atom is -0.493 e. The predicted octanol–water partition coefficient (Wildman–Crippen LogP) is 3.99. The molecule has 0 spiro atoms. The van der Waals surface area contributed by atoms with Crippen LogP contribution in [-0.4, -0.2) is 32.1 Å². The molecule has 1 N–H and O–H groups in total. The molecule has 0 aliphatic carbocycles. The number of benzene rings is 2. The van der Waals surface area contributed by atoms with E-state index in [1.165, 1.54) is 13.2 Å². The Hall–Kier alpha value is -4.07. The molecule has 4 rings (SSSR count). The van der Waals surface area contributed by atoms with Gasteiger partial charge in [0.25, 0.3) is 5.91 Å². The first-order chi connectivity index (χ1) is 15.7. The Kier molecular flexibility index (Phi) is 5.68. The number of para-hydroxylation sites is 1. The third-order valence-corrected chi connectivity index (χ3v) is 5.42. The van der Waals surface area contributed by atoms with E-state index in [1.807, 2.05) is 13.8 Å². The number of ether oxygens (including phenoxy) is 2. The fraction of sp³-hybridized carbons (Fsp3) is 0.240. The summed E-state index contributed by atoms with van der Waals surface area (Å²) in [5.41, 5.74) is -0.483. The summed E-state index contributed by atoms with van der Waals surface area (Å²) in [6.07, 6.45) is 1.63. The molecule has 8 heteroatoms. The summed E-state index contributed by atoms with van der Waals surface area (Å²) in [5.74, 6) is 0.168. The topological polar surface area (TPSA) is 98.1 Å². The minimum absolute atomic E-state index is 0.117. The molecular formula is C25H24N2O6. The first-order valence-electron chi connectivity index (χ1n) is 10.4. The van der Waals surface area contributed by atoms with Gasteiger partial charge < -0.3 is 24.1 Å². The van der Waals surface area contributed by atoms with Gasteiger partial charge in [-0.2, -0.15) is 0 Å². The van der Waals surface area contributed by atoms with Gasteiger partial charge in [0.15, 0.2) is 11.3 Å². The van der Waals surface area contributed by atoms with Gasteiger partial charge in [0, 0.05) is 17.6 Å². The van der Waals surface area contributed by atoms with Gasteiger partial charge in [-0.25, -0.2) is 4.79 Å². The summed E-state index contributed by atoms with van der Waals surface area (Å²) in [7, 11) is 1.47. The standard InChI is InChI=1S/C25H24N2O6/c1-5-11-27-18-13-16(9-10-19(18)32-14-25(2,3)24(27)30)26-22(28)17-12-15-7-6-8-20(31-4)21(15)33-23(17)29/h5-10,12-13H,1,11,14H2,2-4H3,(H,26,28). The van der Waals surface area contributed by atoms with E-state index in [1.54, 1.807) is 47.4 Å². The molecule has 0 fully saturated rings. The highest BCUT2D eigenvalue weighted by atomic mass is 16.5. The second-order valence-electron chi connectivity index (χ2n) is 8.34. The van der Waals surface area contributed by atoms with Gasteiger partial charge in [0.2, 0.25) is 5.91 Å². The Morgan fingerprint density at radius 1 is 1.24 bits per heavy atom. The van der Waals surface area contributed by atoms with Crippen LogP contribution in [0.5, 0.6) is 11.5 Å². The van der Waals surface area contributed by atoms with Gasteiger partial charge >= 0.3 is 5.63 Å². The molecular weight excluding hydrogens is 424 g/mol. The van der Waals surface area contributed by atoms with Crippen molar-refractivity contribution in [1.29, 1.82) is 0 Å². The van der Waals surface area contributed by atoms with Crippen LogP contribution in [0.3, 0.4) is 0 Å². The number of hydrogen-bond acceptors (Lipinski definition) is 6. The highest BCUT2D eigenvalue weighted by Crippen LogP contribution is 2.38. The minimum atomic E-state index is -0.784. The number of nitrogens with one attached hydrogen (secondary N) is 1. The average Bonchev–Trinajstić information content (AvgIpc) is 2.88. The number of methoxy groups -OCH3 is 1. The Morgan fingerprint density at radius 3 is 2.76 bits per heavy atom. The first-order valence-corrected chi connectivity index (χ1v) is 10.4. The maximum atomic E-state index is 13.0. The van der Waals surface area contributed by atoms with Gasteiger partial charge in [0.1, 0.15) is 17.9 Å². The summed E-state index contributed by atoms with van der Waals surface area (Å²) < 4.78 is 16.4. The van der Waals surface area contributed by atoms with E-state index in [-0.39, 0.29) is 30.2 Å². The molecule has 2 amide bonds. The van der Waals surface area contributed by atoms with Crippen molar-refractivity contribution in [2.45, 2.75) is 13.8 Å². The molecule has 2 aromatic carbocycles. The quantitative estimate of drug-likeness (QED) is 0.468. The van der Waals surface area contributed by atoms with E-state index in [0.29, 0.717) is 28.3 Å². The summed E-state index contributed by atoms with van der Waals surface area (Å²) in [6.45, 7) is 7.87. The Bertz CT molecular complexity index is 1320. The maximum Gasteiger partial charge on any atom is 0.349 e. The fourth-order valence-electron chi connectivity index (χ4n) is 3.67. The molecule has 1 aliphatic heterocycles. The zero-order chi connectivity index (χ0) is 23.8. The molecule has 0 saturated heterocycles. The third kappa shape index (κ3) is 4.07. The number of hydrogen-bond donors (Lipinski definition) is 1. The van der Waals surface area contributed by atoms with E-state index >= 15 is 0 Å². The van der Waals surface area contributed by atoms with Crippen molar-refractivity contribution in [3.63, 3.8) is 0 Å². The summed E-state index contributed by atoms with van der Waals surface area (Å²) in [4.78, 5) is 40.0. The van der Waals surface area contributed by atoms with Crippen LogP contribution >= 0.6 is 0 Å². The molecule has 0 bridgehead atoms. The Balaban J connectivity index is 1.68. The van der Waals surface area contributed by atoms with Crippen molar-refractivity contribution in [3.05, 3.63) is 71.1 Å². The molecule has 170 valence electrons. The largest absolute Gasteiger partial charge is 0.493 e. The van der Waals surface area contributed by atoms with E-state index < -0.39 is 16.9 Å². The number of nitrogens with zero attached hydrogens (tertiary/aromatic N) is 1. The molecule has 1 aliphatic rings. The van der Waals surface area contributed by atoms with E-state index in [2.05, 4.69) is 11.9 Å². The van der Waals surface area contributed by atoms with Crippen LogP contribution in [0.2, 0.25) is 0 Å². The highest BCUT2D eigenvalue weighted by Gasteiger charge is 2.37. The van der Waals surface area contributed by atoms with Crippen LogP contribution in [0.1, 0.15) is 24.2 Å². The van der Waals surface area contributed by atoms with E-state index in [0.717, 1.165) is 0 Å². The maximum absolute atomic E-state index is 13.0. The smallest absolute Gasteiger partial charge is 0.349 e. The monoisotopic (exact) mass is 448 g/mol. The normalized spacial score (nSPS) is 14.8. The summed E-state index contributed by atoms with van der Waals surface area (Å²) >= 11 is 0.